The molecule has 0 atom stereocenters. The Balaban J connectivity index is 1.72. The minimum atomic E-state index is -3.88. The molecule has 29 heavy (non-hydrogen) atoms. The highest BCUT2D eigenvalue weighted by atomic mass is 32.2. The number of carbonyl (C=O) groups is 2. The third-order valence-corrected chi connectivity index (χ3v) is 6.05. The lowest BCUT2D eigenvalue weighted by Gasteiger charge is -2.18. The monoisotopic (exact) mass is 412 g/mol. The van der Waals surface area contributed by atoms with Crippen molar-refractivity contribution in [2.75, 3.05) is 24.2 Å². The first-order valence-electron chi connectivity index (χ1n) is 8.74. The van der Waals surface area contributed by atoms with E-state index in [0.29, 0.717) is 22.1 Å². The van der Waals surface area contributed by atoms with Crippen LogP contribution in [0.2, 0.25) is 0 Å². The first-order chi connectivity index (χ1) is 13.8. The van der Waals surface area contributed by atoms with Crippen molar-refractivity contribution in [2.45, 2.75) is 11.8 Å². The number of nitrogens with one attached hydrogen (secondary N) is 2. The van der Waals surface area contributed by atoms with Gasteiger partial charge in [-0.2, -0.15) is 4.31 Å². The van der Waals surface area contributed by atoms with Gasteiger partial charge in [0, 0.05) is 48.5 Å². The van der Waals surface area contributed by atoms with Crippen LogP contribution in [-0.4, -0.2) is 43.1 Å². The van der Waals surface area contributed by atoms with Crippen LogP contribution < -0.4 is 10.6 Å². The number of pyridine rings is 1. The molecule has 0 fully saturated rings. The number of rotatable bonds is 6. The van der Waals surface area contributed by atoms with E-state index in [0.717, 1.165) is 4.31 Å². The second kappa shape index (κ2) is 8.38. The maximum Gasteiger partial charge on any atom is 0.243 e. The van der Waals surface area contributed by atoms with Crippen molar-refractivity contribution >= 4 is 44.0 Å². The number of amides is 2. The number of likely N-dealkylation sites (N-methyl/N-ethyl adjacent to an activating group) is 1. The van der Waals surface area contributed by atoms with Crippen molar-refractivity contribution in [1.82, 2.24) is 9.29 Å². The summed E-state index contributed by atoms with van der Waals surface area (Å²) in [7, 11) is -2.52. The van der Waals surface area contributed by atoms with Gasteiger partial charge < -0.3 is 10.6 Å². The highest BCUT2D eigenvalue weighted by Gasteiger charge is 2.24. The molecule has 2 N–H and O–H groups in total. The van der Waals surface area contributed by atoms with E-state index in [9.17, 15) is 18.0 Å². The predicted molar refractivity (Wildman–Crippen MR) is 111 cm³/mol. The van der Waals surface area contributed by atoms with Crippen LogP contribution in [0.25, 0.3) is 10.8 Å². The molecule has 0 spiro atoms. The van der Waals surface area contributed by atoms with Gasteiger partial charge in [0.25, 0.3) is 0 Å². The summed E-state index contributed by atoms with van der Waals surface area (Å²) in [6.07, 6.45) is 3.12. The van der Waals surface area contributed by atoms with Gasteiger partial charge in [0.1, 0.15) is 0 Å². The van der Waals surface area contributed by atoms with Crippen LogP contribution in [0.15, 0.2) is 65.8 Å². The Morgan fingerprint density at radius 3 is 2.31 bits per heavy atom. The number of carbonyl (C=O) groups excluding carboxylic acids is 2. The number of anilines is 2. The third kappa shape index (κ3) is 4.76. The quantitative estimate of drug-likeness (QED) is 0.646. The molecule has 2 amide bonds. The number of nitrogens with zero attached hydrogens (tertiary/aromatic N) is 2. The Hall–Kier alpha value is -3.30. The van der Waals surface area contributed by atoms with E-state index >= 15 is 0 Å². The van der Waals surface area contributed by atoms with Crippen molar-refractivity contribution in [2.24, 2.45) is 0 Å². The van der Waals surface area contributed by atoms with Crippen molar-refractivity contribution in [3.63, 3.8) is 0 Å². The SMILES string of the molecule is CC(=O)Nc1ccc(NC(=O)CN(C)S(=O)(=O)c2cccc3cnccc23)cc1. The molecule has 3 rings (SSSR count). The normalized spacial score (nSPS) is 11.4. The minimum absolute atomic E-state index is 0.118. The Bertz CT molecular complexity index is 1160. The van der Waals surface area contributed by atoms with Gasteiger partial charge >= 0.3 is 0 Å². The van der Waals surface area contributed by atoms with Crippen molar-refractivity contribution in [3.8, 4) is 0 Å². The first-order valence-corrected chi connectivity index (χ1v) is 10.2. The van der Waals surface area contributed by atoms with Crippen LogP contribution in [0.1, 0.15) is 6.92 Å². The largest absolute Gasteiger partial charge is 0.326 e. The summed E-state index contributed by atoms with van der Waals surface area (Å²) in [5.74, 6) is -0.678. The average molecular weight is 412 g/mol. The van der Waals surface area contributed by atoms with Gasteiger partial charge in [-0.3, -0.25) is 14.6 Å². The summed E-state index contributed by atoms with van der Waals surface area (Å²) in [6, 6.07) is 13.1. The fourth-order valence-electron chi connectivity index (χ4n) is 2.81. The summed E-state index contributed by atoms with van der Waals surface area (Å²) in [5, 5.41) is 6.52. The standard InChI is InChI=1S/C20H20N4O4S/c1-14(25)22-16-6-8-17(9-7-16)23-20(26)13-24(2)29(27,28)19-5-3-4-15-12-21-11-10-18(15)19/h3-12H,13H2,1-2H3,(H,22,25)(H,23,26). The van der Waals surface area contributed by atoms with E-state index < -0.39 is 15.9 Å². The molecule has 150 valence electrons. The average Bonchev–Trinajstić information content (AvgIpc) is 2.68. The summed E-state index contributed by atoms with van der Waals surface area (Å²) in [5.41, 5.74) is 1.09. The molecule has 0 aliphatic rings. The van der Waals surface area contributed by atoms with Gasteiger partial charge in [-0.15, -0.1) is 0 Å². The Labute approximate surface area is 168 Å². The molecule has 0 saturated carbocycles. The Morgan fingerprint density at radius 1 is 1.00 bits per heavy atom. The third-order valence-electron chi connectivity index (χ3n) is 4.18. The van der Waals surface area contributed by atoms with Crippen LogP contribution in [-0.2, 0) is 19.6 Å². The van der Waals surface area contributed by atoms with Gasteiger partial charge in [0.15, 0.2) is 0 Å². The van der Waals surface area contributed by atoms with Gasteiger partial charge in [-0.05, 0) is 36.4 Å². The smallest absolute Gasteiger partial charge is 0.243 e. The maximum absolute atomic E-state index is 13.0. The van der Waals surface area contributed by atoms with E-state index in [4.69, 9.17) is 0 Å². The van der Waals surface area contributed by atoms with Crippen molar-refractivity contribution in [3.05, 3.63) is 60.9 Å². The lowest BCUT2D eigenvalue weighted by Crippen LogP contribution is -2.35. The molecule has 1 aromatic heterocycles. The molecular formula is C20H20N4O4S. The molecule has 9 heteroatoms. The molecular weight excluding hydrogens is 392 g/mol. The summed E-state index contributed by atoms with van der Waals surface area (Å²) in [4.78, 5) is 27.5. The molecule has 0 bridgehead atoms. The predicted octanol–water partition coefficient (Wildman–Crippen LogP) is 2.45. The van der Waals surface area contributed by atoms with Gasteiger partial charge in [-0.1, -0.05) is 12.1 Å². The highest BCUT2D eigenvalue weighted by molar-refractivity contribution is 7.89. The molecule has 3 aromatic rings. The second-order valence-electron chi connectivity index (χ2n) is 6.42. The zero-order valence-corrected chi connectivity index (χ0v) is 16.7. The number of benzene rings is 2. The van der Waals surface area contributed by atoms with E-state index in [2.05, 4.69) is 15.6 Å². The summed E-state index contributed by atoms with van der Waals surface area (Å²) in [6.45, 7) is 1.05. The zero-order chi connectivity index (χ0) is 21.0. The van der Waals surface area contributed by atoms with E-state index in [-0.39, 0.29) is 17.3 Å². The lowest BCUT2D eigenvalue weighted by molar-refractivity contribution is -0.116. The first kappa shape index (κ1) is 20.4. The minimum Gasteiger partial charge on any atom is -0.326 e. The topological polar surface area (TPSA) is 108 Å². The van der Waals surface area contributed by atoms with Gasteiger partial charge in [-0.25, -0.2) is 8.42 Å². The molecule has 1 heterocycles. The molecule has 0 aliphatic heterocycles. The molecule has 8 nitrogen and oxygen atoms in total. The summed E-state index contributed by atoms with van der Waals surface area (Å²) < 4.78 is 26.9. The molecule has 0 unspecified atom stereocenters. The molecule has 0 radical (unpaired) electrons. The second-order valence-corrected chi connectivity index (χ2v) is 8.43. The lowest BCUT2D eigenvalue weighted by atomic mass is 10.2. The van der Waals surface area contributed by atoms with E-state index in [1.54, 1.807) is 48.7 Å². The number of aromatic nitrogens is 1. The molecule has 0 aliphatic carbocycles. The summed E-state index contributed by atoms with van der Waals surface area (Å²) >= 11 is 0. The number of hydrogen-bond acceptors (Lipinski definition) is 5. The zero-order valence-electron chi connectivity index (χ0n) is 15.9. The van der Waals surface area contributed by atoms with Crippen LogP contribution in [0, 0.1) is 0 Å². The fraction of sp³-hybridized carbons (Fsp3) is 0.150. The van der Waals surface area contributed by atoms with Crippen LogP contribution in [0.4, 0.5) is 11.4 Å². The number of sulfonamides is 1. The highest BCUT2D eigenvalue weighted by Crippen LogP contribution is 2.24. The number of fused-ring (bicyclic) bond motifs is 1. The van der Waals surface area contributed by atoms with Crippen molar-refractivity contribution < 1.29 is 18.0 Å². The maximum atomic E-state index is 13.0. The van der Waals surface area contributed by atoms with Crippen LogP contribution >= 0.6 is 0 Å². The Morgan fingerprint density at radius 2 is 1.66 bits per heavy atom. The molecule has 0 saturated heterocycles. The van der Waals surface area contributed by atoms with Gasteiger partial charge in [0.05, 0.1) is 11.4 Å². The van der Waals surface area contributed by atoms with Gasteiger partial charge in [0.2, 0.25) is 21.8 Å². The van der Waals surface area contributed by atoms with E-state index in [1.807, 2.05) is 0 Å². The molecule has 2 aromatic carbocycles. The number of hydrogen-bond donors (Lipinski definition) is 2. The fourth-order valence-corrected chi connectivity index (χ4v) is 4.15. The van der Waals surface area contributed by atoms with E-state index in [1.165, 1.54) is 26.2 Å². The Kier molecular flexibility index (Phi) is 5.90. The van der Waals surface area contributed by atoms with Crippen LogP contribution in [0.3, 0.4) is 0 Å². The van der Waals surface area contributed by atoms with Crippen LogP contribution in [0.5, 0.6) is 0 Å². The van der Waals surface area contributed by atoms with Crippen molar-refractivity contribution in [1.29, 1.82) is 0 Å².